The molecule has 0 aliphatic carbocycles. The van der Waals surface area contributed by atoms with Gasteiger partial charge in [-0.05, 0) is 29.8 Å². The fourth-order valence-corrected chi connectivity index (χ4v) is 1.68. The molecule has 1 aromatic rings. The van der Waals surface area contributed by atoms with E-state index >= 15 is 0 Å². The van der Waals surface area contributed by atoms with E-state index in [9.17, 15) is 17.6 Å². The van der Waals surface area contributed by atoms with Crippen molar-refractivity contribution in [1.29, 1.82) is 0 Å². The fraction of sp³-hybridized carbons (Fsp3) is 0.125. The minimum Gasteiger partial charge on any atom is -0.275 e. The monoisotopic (exact) mass is 236 g/mol. The second-order valence-corrected chi connectivity index (χ2v) is 5.05. The summed E-state index contributed by atoms with van der Waals surface area (Å²) in [5.74, 6) is -0.836. The summed E-state index contributed by atoms with van der Waals surface area (Å²) in [6.45, 7) is 0. The third kappa shape index (κ3) is 2.30. The topological polar surface area (TPSA) is 51.2 Å². The van der Waals surface area contributed by atoms with Crippen molar-refractivity contribution in [3.63, 3.8) is 0 Å². The van der Waals surface area contributed by atoms with Gasteiger partial charge < -0.3 is 0 Å². The quantitative estimate of drug-likeness (QED) is 0.579. The van der Waals surface area contributed by atoms with E-state index in [-0.39, 0.29) is 4.90 Å². The Labute approximate surface area is 85.4 Å². The van der Waals surface area contributed by atoms with Gasteiger partial charge in [0, 0.05) is 6.26 Å². The van der Waals surface area contributed by atoms with Crippen LogP contribution in [0.3, 0.4) is 0 Å². The lowest BCUT2D eigenvalue weighted by Crippen LogP contribution is -2.01. The third-order valence-corrected chi connectivity index (χ3v) is 2.89. The first kappa shape index (κ1) is 11.1. The van der Waals surface area contributed by atoms with Gasteiger partial charge in [0.1, 0.15) is 5.82 Å². The molecular formula is C8H6ClFO3S. The van der Waals surface area contributed by atoms with E-state index in [2.05, 4.69) is 0 Å². The smallest absolute Gasteiger partial charge is 0.255 e. The van der Waals surface area contributed by atoms with Crippen LogP contribution in [-0.2, 0) is 9.84 Å². The van der Waals surface area contributed by atoms with Crippen LogP contribution in [0.4, 0.5) is 4.39 Å². The zero-order chi connectivity index (χ0) is 10.9. The van der Waals surface area contributed by atoms with Gasteiger partial charge in [-0.15, -0.1) is 0 Å². The number of hydrogen-bond acceptors (Lipinski definition) is 3. The van der Waals surface area contributed by atoms with Crippen molar-refractivity contribution in [2.45, 2.75) is 4.90 Å². The van der Waals surface area contributed by atoms with Crippen molar-refractivity contribution in [2.75, 3.05) is 6.26 Å². The Morgan fingerprint density at radius 2 is 2.00 bits per heavy atom. The standard InChI is InChI=1S/C8H6ClFO3S/c1-14(12,13)5-2-3-7(10)6(4-5)8(9)11/h2-4H,1H3. The summed E-state index contributed by atoms with van der Waals surface area (Å²) in [5.41, 5.74) is -0.436. The van der Waals surface area contributed by atoms with Crippen molar-refractivity contribution in [3.8, 4) is 0 Å². The molecule has 0 aromatic heterocycles. The highest BCUT2D eigenvalue weighted by atomic mass is 35.5. The minimum absolute atomic E-state index is 0.136. The molecule has 0 unspecified atom stereocenters. The molecule has 0 N–H and O–H groups in total. The van der Waals surface area contributed by atoms with E-state index in [1.807, 2.05) is 0 Å². The molecule has 76 valence electrons. The molecule has 0 radical (unpaired) electrons. The first-order valence-corrected chi connectivity index (χ1v) is 5.79. The molecule has 0 fully saturated rings. The molecule has 0 bridgehead atoms. The van der Waals surface area contributed by atoms with E-state index in [1.54, 1.807) is 0 Å². The highest BCUT2D eigenvalue weighted by Gasteiger charge is 2.14. The number of halogens is 2. The highest BCUT2D eigenvalue weighted by molar-refractivity contribution is 7.90. The van der Waals surface area contributed by atoms with E-state index in [0.29, 0.717) is 0 Å². The van der Waals surface area contributed by atoms with Crippen molar-refractivity contribution >= 4 is 26.7 Å². The summed E-state index contributed by atoms with van der Waals surface area (Å²) in [7, 11) is -3.45. The predicted octanol–water partition coefficient (Wildman–Crippen LogP) is 1.61. The largest absolute Gasteiger partial charge is 0.275 e. The van der Waals surface area contributed by atoms with Gasteiger partial charge >= 0.3 is 0 Å². The van der Waals surface area contributed by atoms with Gasteiger partial charge in [-0.3, -0.25) is 4.79 Å². The highest BCUT2D eigenvalue weighted by Crippen LogP contribution is 2.16. The zero-order valence-electron chi connectivity index (χ0n) is 7.12. The minimum atomic E-state index is -3.45. The van der Waals surface area contributed by atoms with Crippen molar-refractivity contribution in [3.05, 3.63) is 29.6 Å². The van der Waals surface area contributed by atoms with Gasteiger partial charge in [-0.2, -0.15) is 0 Å². The van der Waals surface area contributed by atoms with Crippen LogP contribution in [0.15, 0.2) is 23.1 Å². The molecule has 0 amide bonds. The molecule has 6 heteroatoms. The summed E-state index contributed by atoms with van der Waals surface area (Å²) in [6.07, 6.45) is 0.961. The molecule has 0 aliphatic heterocycles. The number of rotatable bonds is 2. The van der Waals surface area contributed by atoms with Crippen LogP contribution < -0.4 is 0 Å². The average Bonchev–Trinajstić information content (AvgIpc) is 2.02. The molecule has 1 rings (SSSR count). The van der Waals surface area contributed by atoms with E-state index < -0.39 is 26.5 Å². The Morgan fingerprint density at radius 1 is 1.43 bits per heavy atom. The SMILES string of the molecule is CS(=O)(=O)c1ccc(F)c(C(=O)Cl)c1. The number of benzene rings is 1. The normalized spacial score (nSPS) is 11.4. The fourth-order valence-electron chi connectivity index (χ4n) is 0.886. The van der Waals surface area contributed by atoms with Crippen LogP contribution in [0, 0.1) is 5.82 Å². The van der Waals surface area contributed by atoms with Gasteiger partial charge in [0.2, 0.25) is 0 Å². The lowest BCUT2D eigenvalue weighted by molar-refractivity contribution is 0.107. The van der Waals surface area contributed by atoms with Crippen LogP contribution in [0.2, 0.25) is 0 Å². The predicted molar refractivity (Wildman–Crippen MR) is 49.7 cm³/mol. The summed E-state index contributed by atoms with van der Waals surface area (Å²) in [5, 5.41) is -1.02. The van der Waals surface area contributed by atoms with E-state index in [1.165, 1.54) is 0 Å². The van der Waals surface area contributed by atoms with Gasteiger partial charge in [-0.1, -0.05) is 0 Å². The summed E-state index contributed by atoms with van der Waals surface area (Å²) in [4.78, 5) is 10.5. The number of hydrogen-bond donors (Lipinski definition) is 0. The molecule has 14 heavy (non-hydrogen) atoms. The van der Waals surface area contributed by atoms with Crippen LogP contribution in [-0.4, -0.2) is 19.9 Å². The molecule has 0 saturated carbocycles. The van der Waals surface area contributed by atoms with E-state index in [4.69, 9.17) is 11.6 Å². The first-order valence-electron chi connectivity index (χ1n) is 3.52. The zero-order valence-corrected chi connectivity index (χ0v) is 8.69. The molecule has 0 spiro atoms. The van der Waals surface area contributed by atoms with Gasteiger partial charge in [-0.25, -0.2) is 12.8 Å². The Bertz CT molecular complexity index is 481. The van der Waals surface area contributed by atoms with Crippen molar-refractivity contribution < 1.29 is 17.6 Å². The molecule has 0 heterocycles. The Kier molecular flexibility index (Phi) is 2.92. The third-order valence-electron chi connectivity index (χ3n) is 1.58. The second-order valence-electron chi connectivity index (χ2n) is 2.69. The molecular weight excluding hydrogens is 231 g/mol. The van der Waals surface area contributed by atoms with Gasteiger partial charge in [0.15, 0.2) is 9.84 Å². The second kappa shape index (κ2) is 3.67. The molecule has 0 saturated heterocycles. The van der Waals surface area contributed by atoms with E-state index in [0.717, 1.165) is 24.5 Å². The van der Waals surface area contributed by atoms with Crippen LogP contribution >= 0.6 is 11.6 Å². The number of carbonyl (C=O) groups is 1. The molecule has 0 atom stereocenters. The summed E-state index contributed by atoms with van der Waals surface area (Å²) in [6, 6.07) is 2.89. The van der Waals surface area contributed by atoms with Crippen molar-refractivity contribution in [2.24, 2.45) is 0 Å². The summed E-state index contributed by atoms with van der Waals surface area (Å²) < 4.78 is 35.0. The maximum absolute atomic E-state index is 12.9. The number of carbonyl (C=O) groups excluding carboxylic acids is 1. The Morgan fingerprint density at radius 3 is 2.43 bits per heavy atom. The van der Waals surface area contributed by atoms with Crippen LogP contribution in [0.5, 0.6) is 0 Å². The van der Waals surface area contributed by atoms with Crippen molar-refractivity contribution in [1.82, 2.24) is 0 Å². The molecule has 1 aromatic carbocycles. The molecule has 0 aliphatic rings. The maximum Gasteiger partial charge on any atom is 0.255 e. The lowest BCUT2D eigenvalue weighted by Gasteiger charge is -2.00. The Balaban J connectivity index is 3.42. The average molecular weight is 237 g/mol. The molecule has 3 nitrogen and oxygen atoms in total. The maximum atomic E-state index is 12.9. The van der Waals surface area contributed by atoms with Gasteiger partial charge in [0.25, 0.3) is 5.24 Å². The van der Waals surface area contributed by atoms with Crippen LogP contribution in [0.1, 0.15) is 10.4 Å². The van der Waals surface area contributed by atoms with Crippen LogP contribution in [0.25, 0.3) is 0 Å². The van der Waals surface area contributed by atoms with Gasteiger partial charge in [0.05, 0.1) is 10.5 Å². The lowest BCUT2D eigenvalue weighted by atomic mass is 10.2. The first-order chi connectivity index (χ1) is 6.32. The number of sulfone groups is 1. The Hall–Kier alpha value is -0.940. The summed E-state index contributed by atoms with van der Waals surface area (Å²) >= 11 is 5.06.